The van der Waals surface area contributed by atoms with Crippen molar-refractivity contribution < 1.29 is 0 Å². The number of pyridine rings is 1. The highest BCUT2D eigenvalue weighted by Gasteiger charge is 2.00. The van der Waals surface area contributed by atoms with Gasteiger partial charge in [-0.2, -0.15) is 0 Å². The average molecular weight is 421 g/mol. The molecule has 0 bridgehead atoms. The van der Waals surface area contributed by atoms with E-state index in [-0.39, 0.29) is 0 Å². The van der Waals surface area contributed by atoms with Crippen LogP contribution in [0.1, 0.15) is 59.1 Å². The number of hydrogen-bond acceptors (Lipinski definition) is 3. The van der Waals surface area contributed by atoms with E-state index in [0.717, 1.165) is 49.6 Å². The third kappa shape index (κ3) is 5.60. The first-order chi connectivity index (χ1) is 15.2. The van der Waals surface area contributed by atoms with Crippen LogP contribution in [0.25, 0.3) is 10.2 Å². The molecule has 0 spiro atoms. The smallest absolute Gasteiger partial charge is 0.168 e. The van der Waals surface area contributed by atoms with E-state index in [4.69, 9.17) is 0 Å². The van der Waals surface area contributed by atoms with Crippen molar-refractivity contribution in [3.63, 3.8) is 0 Å². The normalized spacial score (nSPS) is 10.3. The van der Waals surface area contributed by atoms with Gasteiger partial charge in [0, 0.05) is 28.6 Å². The third-order valence-electron chi connectivity index (χ3n) is 5.04. The Morgan fingerprint density at radius 1 is 0.871 bits per heavy atom. The number of aryl methyl sites for hydroxylation is 2. The summed E-state index contributed by atoms with van der Waals surface area (Å²) in [5, 5.41) is 0.841. The molecule has 152 valence electrons. The van der Waals surface area contributed by atoms with E-state index in [2.05, 4.69) is 71.8 Å². The number of thiazole rings is 1. The number of rotatable bonds is 4. The van der Waals surface area contributed by atoms with Crippen LogP contribution in [0, 0.1) is 30.6 Å². The van der Waals surface area contributed by atoms with Crippen LogP contribution in [0.3, 0.4) is 0 Å². The number of hydrogen-bond donors (Lipinski definition) is 0. The van der Waals surface area contributed by atoms with Crippen molar-refractivity contribution in [2.24, 2.45) is 0 Å². The zero-order valence-corrected chi connectivity index (χ0v) is 18.7. The number of para-hydroxylation sites is 1. The maximum absolute atomic E-state index is 4.57. The van der Waals surface area contributed by atoms with Crippen LogP contribution in [0.2, 0.25) is 0 Å². The fourth-order valence-electron chi connectivity index (χ4n) is 3.27. The standard InChI is InChI=1S/C28H24N2S/c1-3-4-5-8-25-17-13-23(20-29-25)12-16-24-15-11-22(19-21(24)2)14-18-28-30-26-9-6-7-10-27(26)31-28/h6-7,9-11,13,15,17,19-20H,3-5,8H2,1-2H3. The minimum Gasteiger partial charge on any atom is -0.260 e. The van der Waals surface area contributed by atoms with Gasteiger partial charge in [-0.25, -0.2) is 4.98 Å². The van der Waals surface area contributed by atoms with Gasteiger partial charge in [0.25, 0.3) is 0 Å². The second-order valence-corrected chi connectivity index (χ2v) is 8.54. The maximum atomic E-state index is 4.57. The molecular weight excluding hydrogens is 396 g/mol. The number of benzene rings is 2. The average Bonchev–Trinajstić information content (AvgIpc) is 3.21. The highest BCUT2D eigenvalue weighted by atomic mass is 32.1. The van der Waals surface area contributed by atoms with Gasteiger partial charge in [0.1, 0.15) is 0 Å². The lowest BCUT2D eigenvalue weighted by molar-refractivity contribution is 0.707. The van der Waals surface area contributed by atoms with Crippen LogP contribution in [0.15, 0.2) is 60.8 Å². The highest BCUT2D eigenvalue weighted by Crippen LogP contribution is 2.20. The van der Waals surface area contributed by atoms with Gasteiger partial charge in [0.2, 0.25) is 0 Å². The van der Waals surface area contributed by atoms with E-state index in [1.165, 1.54) is 19.3 Å². The molecule has 0 unspecified atom stereocenters. The van der Waals surface area contributed by atoms with Crippen LogP contribution in [0.4, 0.5) is 0 Å². The van der Waals surface area contributed by atoms with E-state index in [0.29, 0.717) is 0 Å². The monoisotopic (exact) mass is 420 g/mol. The Labute approximate surface area is 188 Å². The predicted molar refractivity (Wildman–Crippen MR) is 130 cm³/mol. The summed E-state index contributed by atoms with van der Waals surface area (Å²) in [5.41, 5.74) is 6.19. The summed E-state index contributed by atoms with van der Waals surface area (Å²) >= 11 is 1.62. The van der Waals surface area contributed by atoms with Gasteiger partial charge >= 0.3 is 0 Å². The Bertz CT molecular complexity index is 1280. The molecule has 0 aliphatic rings. The molecule has 4 aromatic rings. The van der Waals surface area contributed by atoms with Crippen molar-refractivity contribution in [1.82, 2.24) is 9.97 Å². The Morgan fingerprint density at radius 3 is 2.48 bits per heavy atom. The molecule has 31 heavy (non-hydrogen) atoms. The quantitative estimate of drug-likeness (QED) is 0.277. The molecule has 0 aliphatic carbocycles. The summed E-state index contributed by atoms with van der Waals surface area (Å²) in [6.07, 6.45) is 6.60. The molecule has 0 fully saturated rings. The Morgan fingerprint density at radius 2 is 1.71 bits per heavy atom. The molecule has 4 rings (SSSR count). The largest absolute Gasteiger partial charge is 0.260 e. The van der Waals surface area contributed by atoms with Gasteiger partial charge in [-0.1, -0.05) is 49.7 Å². The van der Waals surface area contributed by atoms with Crippen LogP contribution in [0.5, 0.6) is 0 Å². The first-order valence-electron chi connectivity index (χ1n) is 10.7. The molecule has 2 nitrogen and oxygen atoms in total. The van der Waals surface area contributed by atoms with Crippen LogP contribution in [-0.4, -0.2) is 9.97 Å². The zero-order valence-electron chi connectivity index (χ0n) is 17.9. The SMILES string of the molecule is CCCCCc1ccc(C#Cc2ccc(C#Cc3nc4ccccc4s3)cc2C)cn1. The van der Waals surface area contributed by atoms with Crippen molar-refractivity contribution in [3.05, 3.63) is 93.7 Å². The molecule has 0 aliphatic heterocycles. The molecule has 0 N–H and O–H groups in total. The number of unbranched alkanes of at least 4 members (excludes halogenated alkanes) is 2. The molecule has 0 saturated carbocycles. The third-order valence-corrected chi connectivity index (χ3v) is 5.99. The molecule has 3 heteroatoms. The van der Waals surface area contributed by atoms with E-state index in [9.17, 15) is 0 Å². The Hall–Kier alpha value is -3.40. The van der Waals surface area contributed by atoms with Crippen molar-refractivity contribution in [2.75, 3.05) is 0 Å². The fraction of sp³-hybridized carbons (Fsp3) is 0.214. The topological polar surface area (TPSA) is 25.8 Å². The van der Waals surface area contributed by atoms with E-state index in [1.807, 2.05) is 36.5 Å². The number of aromatic nitrogens is 2. The molecule has 2 heterocycles. The Kier molecular flexibility index (Phi) is 6.78. The lowest BCUT2D eigenvalue weighted by Gasteiger charge is -2.00. The second kappa shape index (κ2) is 10.1. The van der Waals surface area contributed by atoms with E-state index >= 15 is 0 Å². The van der Waals surface area contributed by atoms with Gasteiger partial charge in [-0.15, -0.1) is 11.3 Å². The summed E-state index contributed by atoms with van der Waals surface area (Å²) in [4.78, 5) is 9.12. The van der Waals surface area contributed by atoms with Crippen molar-refractivity contribution in [3.8, 4) is 23.7 Å². The van der Waals surface area contributed by atoms with Gasteiger partial charge in [0.15, 0.2) is 5.01 Å². The van der Waals surface area contributed by atoms with Gasteiger partial charge in [0.05, 0.1) is 10.2 Å². The lowest BCUT2D eigenvalue weighted by atomic mass is 10.1. The van der Waals surface area contributed by atoms with Gasteiger partial charge in [-0.05, 0) is 73.7 Å². The van der Waals surface area contributed by atoms with Crippen LogP contribution >= 0.6 is 11.3 Å². The summed E-state index contributed by atoms with van der Waals surface area (Å²) in [6.45, 7) is 4.29. The molecule has 2 aromatic carbocycles. The minimum absolute atomic E-state index is 0.841. The van der Waals surface area contributed by atoms with Crippen molar-refractivity contribution in [1.29, 1.82) is 0 Å². The molecule has 0 saturated heterocycles. The number of nitrogens with zero attached hydrogens (tertiary/aromatic N) is 2. The summed E-state index contributed by atoms with van der Waals surface area (Å²) in [7, 11) is 0. The highest BCUT2D eigenvalue weighted by molar-refractivity contribution is 7.19. The van der Waals surface area contributed by atoms with Gasteiger partial charge < -0.3 is 0 Å². The maximum Gasteiger partial charge on any atom is 0.168 e. The molecule has 0 atom stereocenters. The summed E-state index contributed by atoms with van der Waals surface area (Å²) < 4.78 is 1.16. The first-order valence-corrected chi connectivity index (χ1v) is 11.5. The van der Waals surface area contributed by atoms with Gasteiger partial charge in [-0.3, -0.25) is 4.98 Å². The zero-order chi connectivity index (χ0) is 21.5. The van der Waals surface area contributed by atoms with Crippen LogP contribution < -0.4 is 0 Å². The molecule has 2 aromatic heterocycles. The van der Waals surface area contributed by atoms with Crippen LogP contribution in [-0.2, 0) is 6.42 Å². The fourth-order valence-corrected chi connectivity index (χ4v) is 4.09. The number of fused-ring (bicyclic) bond motifs is 1. The Balaban J connectivity index is 1.45. The minimum atomic E-state index is 0.841. The second-order valence-electron chi connectivity index (χ2n) is 7.51. The molecular formula is C28H24N2S. The molecule has 0 radical (unpaired) electrons. The predicted octanol–water partition coefficient (Wildman–Crippen LogP) is 6.53. The lowest BCUT2D eigenvalue weighted by Crippen LogP contribution is -1.90. The summed E-state index contributed by atoms with van der Waals surface area (Å²) in [6, 6.07) is 18.4. The first kappa shape index (κ1) is 20.9. The summed E-state index contributed by atoms with van der Waals surface area (Å²) in [5.74, 6) is 12.9. The van der Waals surface area contributed by atoms with E-state index < -0.39 is 0 Å². The van der Waals surface area contributed by atoms with E-state index in [1.54, 1.807) is 11.3 Å². The van der Waals surface area contributed by atoms with Crippen molar-refractivity contribution >= 4 is 21.6 Å². The van der Waals surface area contributed by atoms with Crippen molar-refractivity contribution in [2.45, 2.75) is 39.5 Å². The molecule has 0 amide bonds.